The minimum atomic E-state index is -0.0207. The molecule has 2 N–H and O–H groups in total. The van der Waals surface area contributed by atoms with E-state index in [0.717, 1.165) is 23.5 Å². The lowest BCUT2D eigenvalue weighted by Crippen LogP contribution is -2.52. The van der Waals surface area contributed by atoms with Gasteiger partial charge in [-0.15, -0.1) is 0 Å². The first-order chi connectivity index (χ1) is 11.6. The van der Waals surface area contributed by atoms with Crippen molar-refractivity contribution in [3.8, 4) is 0 Å². The highest BCUT2D eigenvalue weighted by Crippen LogP contribution is 2.14. The second kappa shape index (κ2) is 7.39. The Morgan fingerprint density at radius 2 is 2.33 bits per heavy atom. The van der Waals surface area contributed by atoms with Gasteiger partial charge >= 0.3 is 0 Å². The van der Waals surface area contributed by atoms with Gasteiger partial charge in [-0.3, -0.25) is 9.48 Å². The molecule has 3 rings (SSSR count). The van der Waals surface area contributed by atoms with Crippen LogP contribution in [0.25, 0.3) is 0 Å². The van der Waals surface area contributed by atoms with Gasteiger partial charge in [-0.25, -0.2) is 9.97 Å². The first-order valence-corrected chi connectivity index (χ1v) is 8.00. The maximum Gasteiger partial charge on any atom is 0.224 e. The molecule has 2 aromatic heterocycles. The smallest absolute Gasteiger partial charge is 0.224 e. The van der Waals surface area contributed by atoms with Crippen molar-refractivity contribution in [2.24, 2.45) is 7.05 Å². The van der Waals surface area contributed by atoms with Crippen LogP contribution in [0.4, 0.5) is 5.82 Å². The van der Waals surface area contributed by atoms with Crippen LogP contribution in [0.1, 0.15) is 17.7 Å². The van der Waals surface area contributed by atoms with Crippen molar-refractivity contribution >= 4 is 11.7 Å². The normalized spacial score (nSPS) is 20.6. The SMILES string of the molecule is Cc1nn(C)cc1CC(=O)N[C@H]1CCOC[C@H]1Nc1ccncn1. The number of anilines is 1. The molecule has 2 aromatic rings. The number of carbonyl (C=O) groups is 1. The Hall–Kier alpha value is -2.48. The number of carbonyl (C=O) groups excluding carboxylic acids is 1. The third-order valence-corrected chi connectivity index (χ3v) is 4.08. The number of ether oxygens (including phenoxy) is 1. The van der Waals surface area contributed by atoms with Crippen molar-refractivity contribution in [2.45, 2.75) is 31.8 Å². The van der Waals surface area contributed by atoms with Gasteiger partial charge in [-0.1, -0.05) is 0 Å². The van der Waals surface area contributed by atoms with Crippen LogP contribution in [0.2, 0.25) is 0 Å². The predicted octanol–water partition coefficient (Wildman–Crippen LogP) is 0.447. The average molecular weight is 330 g/mol. The lowest BCUT2D eigenvalue weighted by molar-refractivity contribution is -0.121. The molecule has 0 aliphatic carbocycles. The molecule has 8 nitrogen and oxygen atoms in total. The third kappa shape index (κ3) is 4.08. The largest absolute Gasteiger partial charge is 0.379 e. The fourth-order valence-electron chi connectivity index (χ4n) is 2.87. The predicted molar refractivity (Wildman–Crippen MR) is 88.5 cm³/mol. The molecule has 1 aliphatic heterocycles. The minimum absolute atomic E-state index is 0.00167. The summed E-state index contributed by atoms with van der Waals surface area (Å²) < 4.78 is 7.26. The monoisotopic (exact) mass is 330 g/mol. The van der Waals surface area contributed by atoms with Crippen LogP contribution < -0.4 is 10.6 Å². The molecule has 1 saturated heterocycles. The highest BCUT2D eigenvalue weighted by atomic mass is 16.5. The molecule has 1 fully saturated rings. The summed E-state index contributed by atoms with van der Waals surface area (Å²) in [7, 11) is 1.86. The third-order valence-electron chi connectivity index (χ3n) is 4.08. The average Bonchev–Trinajstić information content (AvgIpc) is 2.87. The maximum absolute atomic E-state index is 12.4. The van der Waals surface area contributed by atoms with Crippen LogP contribution >= 0.6 is 0 Å². The molecule has 3 heterocycles. The number of aryl methyl sites for hydroxylation is 2. The van der Waals surface area contributed by atoms with E-state index in [9.17, 15) is 4.79 Å². The van der Waals surface area contributed by atoms with Gasteiger partial charge in [-0.2, -0.15) is 5.10 Å². The molecule has 24 heavy (non-hydrogen) atoms. The van der Waals surface area contributed by atoms with Crippen molar-refractivity contribution in [1.29, 1.82) is 0 Å². The standard InChI is InChI=1S/C16H22N6O2/c1-11-12(8-22(2)21-11)7-16(23)20-13-4-6-24-9-14(13)19-15-3-5-17-10-18-15/h3,5,8,10,13-14H,4,6-7,9H2,1-2H3,(H,20,23)(H,17,18,19)/t13-,14+/m0/s1. The van der Waals surface area contributed by atoms with Crippen molar-refractivity contribution in [3.63, 3.8) is 0 Å². The molecule has 0 saturated carbocycles. The van der Waals surface area contributed by atoms with Crippen LogP contribution in [-0.4, -0.2) is 51.0 Å². The summed E-state index contributed by atoms with van der Waals surface area (Å²) in [6.07, 6.45) is 6.15. The van der Waals surface area contributed by atoms with Gasteiger partial charge < -0.3 is 15.4 Å². The molecular formula is C16H22N6O2. The molecule has 2 atom stereocenters. The van der Waals surface area contributed by atoms with Gasteiger partial charge in [-0.05, 0) is 19.4 Å². The molecule has 1 aliphatic rings. The van der Waals surface area contributed by atoms with E-state index in [2.05, 4.69) is 25.7 Å². The van der Waals surface area contributed by atoms with Gasteiger partial charge in [0.15, 0.2) is 0 Å². The minimum Gasteiger partial charge on any atom is -0.379 e. The second-order valence-corrected chi connectivity index (χ2v) is 5.97. The van der Waals surface area contributed by atoms with Crippen LogP contribution in [0.3, 0.4) is 0 Å². The summed E-state index contributed by atoms with van der Waals surface area (Å²) in [6, 6.07) is 1.78. The lowest BCUT2D eigenvalue weighted by atomic mass is 10.0. The molecule has 0 radical (unpaired) electrons. The molecule has 0 unspecified atom stereocenters. The van der Waals surface area contributed by atoms with Crippen molar-refractivity contribution in [3.05, 3.63) is 36.0 Å². The van der Waals surface area contributed by atoms with Crippen molar-refractivity contribution in [1.82, 2.24) is 25.1 Å². The number of amides is 1. The Labute approximate surface area is 140 Å². The number of hydrogen-bond acceptors (Lipinski definition) is 6. The molecule has 0 aromatic carbocycles. The summed E-state index contributed by atoms with van der Waals surface area (Å²) in [5.41, 5.74) is 1.83. The molecule has 8 heteroatoms. The summed E-state index contributed by atoms with van der Waals surface area (Å²) in [5, 5.41) is 10.7. The van der Waals surface area contributed by atoms with Crippen molar-refractivity contribution in [2.75, 3.05) is 18.5 Å². The number of nitrogens with one attached hydrogen (secondary N) is 2. The van der Waals surface area contributed by atoms with E-state index >= 15 is 0 Å². The number of aromatic nitrogens is 4. The first kappa shape index (κ1) is 16.4. The summed E-state index contributed by atoms with van der Waals surface area (Å²) in [6.45, 7) is 3.08. The molecule has 0 bridgehead atoms. The van der Waals surface area contributed by atoms with Gasteiger partial charge in [0.2, 0.25) is 5.91 Å². The maximum atomic E-state index is 12.4. The summed E-state index contributed by atoms with van der Waals surface area (Å²) in [5.74, 6) is 0.718. The van der Waals surface area contributed by atoms with E-state index in [1.807, 2.05) is 20.2 Å². The Morgan fingerprint density at radius 1 is 1.46 bits per heavy atom. The van der Waals surface area contributed by atoms with Crippen molar-refractivity contribution < 1.29 is 9.53 Å². The van der Waals surface area contributed by atoms with Gasteiger partial charge in [0.05, 0.1) is 30.8 Å². The Kier molecular flexibility index (Phi) is 5.05. The molecular weight excluding hydrogens is 308 g/mol. The second-order valence-electron chi connectivity index (χ2n) is 5.97. The van der Waals surface area contributed by atoms with Gasteiger partial charge in [0, 0.05) is 31.6 Å². The number of hydrogen-bond donors (Lipinski definition) is 2. The zero-order valence-electron chi connectivity index (χ0n) is 13.9. The zero-order chi connectivity index (χ0) is 16.9. The summed E-state index contributed by atoms with van der Waals surface area (Å²) in [4.78, 5) is 20.5. The topological polar surface area (TPSA) is 94.0 Å². The van der Waals surface area contributed by atoms with Gasteiger partial charge in [0.25, 0.3) is 0 Å². The number of rotatable bonds is 5. The van der Waals surface area contributed by atoms with E-state index in [0.29, 0.717) is 19.6 Å². The molecule has 1 amide bonds. The Balaban J connectivity index is 1.61. The van der Waals surface area contributed by atoms with E-state index in [-0.39, 0.29) is 18.0 Å². The quantitative estimate of drug-likeness (QED) is 0.826. The lowest BCUT2D eigenvalue weighted by Gasteiger charge is -2.33. The van der Waals surface area contributed by atoms with Crippen LogP contribution in [-0.2, 0) is 23.0 Å². The van der Waals surface area contributed by atoms with Crippen LogP contribution in [0.5, 0.6) is 0 Å². The van der Waals surface area contributed by atoms with E-state index < -0.39 is 0 Å². The van der Waals surface area contributed by atoms with Crippen LogP contribution in [0, 0.1) is 6.92 Å². The highest BCUT2D eigenvalue weighted by molar-refractivity contribution is 5.79. The molecule has 0 spiro atoms. The highest BCUT2D eigenvalue weighted by Gasteiger charge is 2.27. The van der Waals surface area contributed by atoms with E-state index in [4.69, 9.17) is 4.74 Å². The zero-order valence-corrected chi connectivity index (χ0v) is 13.9. The fourth-order valence-corrected chi connectivity index (χ4v) is 2.87. The van der Waals surface area contributed by atoms with Crippen LogP contribution in [0.15, 0.2) is 24.8 Å². The molecule has 128 valence electrons. The Bertz CT molecular complexity index is 687. The fraction of sp³-hybridized carbons (Fsp3) is 0.500. The first-order valence-electron chi connectivity index (χ1n) is 8.00. The summed E-state index contributed by atoms with van der Waals surface area (Å²) >= 11 is 0. The Morgan fingerprint density at radius 3 is 3.04 bits per heavy atom. The number of nitrogens with zero attached hydrogens (tertiary/aromatic N) is 4. The van der Waals surface area contributed by atoms with Gasteiger partial charge in [0.1, 0.15) is 12.1 Å². The van der Waals surface area contributed by atoms with E-state index in [1.54, 1.807) is 16.9 Å². The van der Waals surface area contributed by atoms with E-state index in [1.165, 1.54) is 6.33 Å².